The molecular formula is C28H30FN7O3S. The number of anilines is 3. The van der Waals surface area contributed by atoms with Crippen molar-refractivity contribution in [1.82, 2.24) is 19.6 Å². The minimum Gasteiger partial charge on any atom is -0.379 e. The van der Waals surface area contributed by atoms with Gasteiger partial charge >= 0.3 is 0 Å². The first-order chi connectivity index (χ1) is 19.3. The molecule has 2 fully saturated rings. The van der Waals surface area contributed by atoms with Gasteiger partial charge in [0.1, 0.15) is 5.82 Å². The third-order valence-electron chi connectivity index (χ3n) is 7.38. The van der Waals surface area contributed by atoms with Crippen LogP contribution in [0.25, 0.3) is 5.65 Å². The van der Waals surface area contributed by atoms with Crippen molar-refractivity contribution >= 4 is 38.6 Å². The largest absolute Gasteiger partial charge is 0.379 e. The first-order valence-electron chi connectivity index (χ1n) is 13.5. The predicted octanol–water partition coefficient (Wildman–Crippen LogP) is 4.53. The topological polar surface area (TPSA) is 130 Å². The van der Waals surface area contributed by atoms with Crippen LogP contribution in [0.2, 0.25) is 0 Å². The molecule has 1 aromatic carbocycles. The maximum atomic E-state index is 13.5. The molecule has 0 spiro atoms. The van der Waals surface area contributed by atoms with E-state index < -0.39 is 21.7 Å². The zero-order chi connectivity index (χ0) is 27.7. The van der Waals surface area contributed by atoms with E-state index in [1.807, 2.05) is 12.1 Å². The number of hydrogen-bond donors (Lipinski definition) is 3. The molecule has 0 unspecified atom stereocenters. The zero-order valence-electron chi connectivity index (χ0n) is 21.8. The van der Waals surface area contributed by atoms with Gasteiger partial charge in [-0.25, -0.2) is 22.9 Å². The van der Waals surface area contributed by atoms with Gasteiger partial charge in [-0.1, -0.05) is 18.2 Å². The van der Waals surface area contributed by atoms with Crippen molar-refractivity contribution in [3.05, 3.63) is 72.6 Å². The van der Waals surface area contributed by atoms with Crippen LogP contribution in [0.4, 0.5) is 21.6 Å². The first kappa shape index (κ1) is 26.2. The normalized spacial score (nSPS) is 19.3. The van der Waals surface area contributed by atoms with E-state index in [1.165, 1.54) is 23.0 Å². The smallest absolute Gasteiger partial charge is 0.276 e. The Morgan fingerprint density at radius 2 is 1.68 bits per heavy atom. The average molecular weight is 564 g/mol. The minimum atomic E-state index is -3.32. The Morgan fingerprint density at radius 3 is 2.40 bits per heavy atom. The summed E-state index contributed by atoms with van der Waals surface area (Å²) in [7, 11) is -3.32. The van der Waals surface area contributed by atoms with Crippen molar-refractivity contribution in [1.29, 1.82) is 0 Å². The van der Waals surface area contributed by atoms with Gasteiger partial charge in [0, 0.05) is 36.1 Å². The first-order valence-corrected chi connectivity index (χ1v) is 15.1. The molecule has 10 nitrogen and oxygen atoms in total. The maximum absolute atomic E-state index is 13.5. The summed E-state index contributed by atoms with van der Waals surface area (Å²) in [6.07, 6.45) is 8.07. The Bertz CT molecular complexity index is 1630. The van der Waals surface area contributed by atoms with Gasteiger partial charge < -0.3 is 16.0 Å². The fourth-order valence-corrected chi connectivity index (χ4v) is 6.86. The molecule has 12 heteroatoms. The number of halogens is 1. The van der Waals surface area contributed by atoms with Crippen molar-refractivity contribution in [3.8, 4) is 0 Å². The molecule has 40 heavy (non-hydrogen) atoms. The number of aromatic nitrogens is 4. The highest BCUT2D eigenvalue weighted by molar-refractivity contribution is 7.91. The second-order valence-corrected chi connectivity index (χ2v) is 12.6. The molecule has 3 heterocycles. The molecule has 4 aromatic rings. The number of amides is 1. The molecule has 1 amide bonds. The maximum Gasteiger partial charge on any atom is 0.276 e. The molecule has 3 aromatic heterocycles. The standard InChI is InChI=1S/C28H30FN7O3S/c29-25-14-21(12-13-30-25)34-28(37)24-16-31-27-23(32-19-10-11-19)15-26(35-36(24)27)33-20-8-6-18(7-9-20)17-40(38,39)22-4-2-1-3-5-22/h1-5,12-16,18-20,32H,6-11,17H2,(H,33,35)(H,30,34,37). The number of nitrogens with one attached hydrogen (secondary N) is 3. The van der Waals surface area contributed by atoms with Gasteiger partial charge in [0.2, 0.25) is 5.95 Å². The molecule has 2 aliphatic rings. The van der Waals surface area contributed by atoms with Crippen LogP contribution in [0, 0.1) is 11.9 Å². The number of nitrogens with zero attached hydrogens (tertiary/aromatic N) is 4. The van der Waals surface area contributed by atoms with Crippen LogP contribution in [0.1, 0.15) is 49.0 Å². The number of imidazole rings is 1. The van der Waals surface area contributed by atoms with Gasteiger partial charge in [-0.05, 0) is 62.6 Å². The van der Waals surface area contributed by atoms with E-state index in [1.54, 1.807) is 24.3 Å². The van der Waals surface area contributed by atoms with Gasteiger partial charge in [-0.2, -0.15) is 4.39 Å². The Morgan fingerprint density at radius 1 is 0.950 bits per heavy atom. The molecule has 0 radical (unpaired) electrons. The van der Waals surface area contributed by atoms with Crippen LogP contribution >= 0.6 is 0 Å². The van der Waals surface area contributed by atoms with E-state index in [-0.39, 0.29) is 29.1 Å². The van der Waals surface area contributed by atoms with E-state index in [9.17, 15) is 17.6 Å². The molecule has 2 saturated carbocycles. The number of carbonyl (C=O) groups excluding carboxylic acids is 1. The average Bonchev–Trinajstić information content (AvgIpc) is 3.65. The van der Waals surface area contributed by atoms with E-state index in [0.29, 0.717) is 22.4 Å². The van der Waals surface area contributed by atoms with Crippen molar-refractivity contribution in [2.75, 3.05) is 21.7 Å². The van der Waals surface area contributed by atoms with Crippen molar-refractivity contribution in [2.24, 2.45) is 5.92 Å². The number of rotatable bonds is 9. The Kier molecular flexibility index (Phi) is 7.09. The molecule has 208 valence electrons. The van der Waals surface area contributed by atoms with Crippen LogP contribution in [0.5, 0.6) is 0 Å². The number of fused-ring (bicyclic) bond motifs is 1. The van der Waals surface area contributed by atoms with Crippen LogP contribution < -0.4 is 16.0 Å². The quantitative estimate of drug-likeness (QED) is 0.253. The Labute approximate surface area is 231 Å². The highest BCUT2D eigenvalue weighted by Gasteiger charge is 2.28. The third-order valence-corrected chi connectivity index (χ3v) is 9.28. The molecule has 6 rings (SSSR count). The molecule has 0 atom stereocenters. The number of hydrogen-bond acceptors (Lipinski definition) is 8. The Balaban J connectivity index is 1.17. The van der Waals surface area contributed by atoms with Crippen LogP contribution in [0.15, 0.2) is 65.8 Å². The van der Waals surface area contributed by atoms with Gasteiger partial charge in [0.25, 0.3) is 5.91 Å². The summed E-state index contributed by atoms with van der Waals surface area (Å²) in [5, 5.41) is 14.3. The number of pyridine rings is 1. The Hall–Kier alpha value is -4.06. The highest BCUT2D eigenvalue weighted by Crippen LogP contribution is 2.32. The van der Waals surface area contributed by atoms with Gasteiger partial charge in [0.15, 0.2) is 21.2 Å². The van der Waals surface area contributed by atoms with Gasteiger partial charge in [-0.3, -0.25) is 4.79 Å². The lowest BCUT2D eigenvalue weighted by molar-refractivity contribution is 0.102. The summed E-state index contributed by atoms with van der Waals surface area (Å²) in [5.74, 6) is -0.312. The van der Waals surface area contributed by atoms with E-state index in [4.69, 9.17) is 0 Å². The lowest BCUT2D eigenvalue weighted by atomic mass is 9.87. The zero-order valence-corrected chi connectivity index (χ0v) is 22.6. The van der Waals surface area contributed by atoms with Crippen molar-refractivity contribution in [3.63, 3.8) is 0 Å². The molecule has 3 N–H and O–H groups in total. The summed E-state index contributed by atoms with van der Waals surface area (Å²) in [6.45, 7) is 0. The lowest BCUT2D eigenvalue weighted by Crippen LogP contribution is -2.29. The fraction of sp³-hybridized carbons (Fsp3) is 0.357. The van der Waals surface area contributed by atoms with Crippen molar-refractivity contribution in [2.45, 2.75) is 55.5 Å². The summed E-state index contributed by atoms with van der Waals surface area (Å²) in [4.78, 5) is 21.4. The van der Waals surface area contributed by atoms with Crippen LogP contribution in [0.3, 0.4) is 0 Å². The summed E-state index contributed by atoms with van der Waals surface area (Å²) >= 11 is 0. The number of sulfone groups is 1. The SMILES string of the molecule is O=C(Nc1ccnc(F)c1)c1cnc2c(NC3CC3)cc(NC3CCC(CS(=O)(=O)c4ccccc4)CC3)nn12. The van der Waals surface area contributed by atoms with Gasteiger partial charge in [-0.15, -0.1) is 5.10 Å². The molecule has 0 saturated heterocycles. The van der Waals surface area contributed by atoms with E-state index in [2.05, 4.69) is 31.0 Å². The second kappa shape index (κ2) is 10.8. The van der Waals surface area contributed by atoms with E-state index >= 15 is 0 Å². The highest BCUT2D eigenvalue weighted by atomic mass is 32.2. The molecule has 0 bridgehead atoms. The van der Waals surface area contributed by atoms with Crippen LogP contribution in [-0.2, 0) is 9.84 Å². The second-order valence-electron chi connectivity index (χ2n) is 10.5. The summed E-state index contributed by atoms with van der Waals surface area (Å²) in [6, 6.07) is 13.6. The summed E-state index contributed by atoms with van der Waals surface area (Å²) < 4.78 is 40.7. The lowest BCUT2D eigenvalue weighted by Gasteiger charge is -2.29. The van der Waals surface area contributed by atoms with Crippen LogP contribution in [-0.4, -0.2) is 51.7 Å². The van der Waals surface area contributed by atoms with Gasteiger partial charge in [0.05, 0.1) is 22.5 Å². The van der Waals surface area contributed by atoms with Crippen molar-refractivity contribution < 1.29 is 17.6 Å². The molecule has 2 aliphatic carbocycles. The molecular weight excluding hydrogens is 533 g/mol. The monoisotopic (exact) mass is 563 g/mol. The predicted molar refractivity (Wildman–Crippen MR) is 150 cm³/mol. The summed E-state index contributed by atoms with van der Waals surface area (Å²) in [5.41, 5.74) is 1.80. The number of carbonyl (C=O) groups is 1. The molecule has 0 aliphatic heterocycles. The third kappa shape index (κ3) is 5.91. The number of benzene rings is 1. The fourth-order valence-electron chi connectivity index (χ4n) is 5.14. The minimum absolute atomic E-state index is 0.104. The van der Waals surface area contributed by atoms with E-state index in [0.717, 1.165) is 50.3 Å².